The zero-order chi connectivity index (χ0) is 11.1. The van der Waals surface area contributed by atoms with Crippen molar-refractivity contribution in [2.75, 3.05) is 0 Å². The number of carboxylic acids is 1. The maximum absolute atomic E-state index is 11.1. The van der Waals surface area contributed by atoms with Gasteiger partial charge in [0.1, 0.15) is 0 Å². The van der Waals surface area contributed by atoms with E-state index in [1.165, 1.54) is 0 Å². The van der Waals surface area contributed by atoms with Crippen molar-refractivity contribution in [3.05, 3.63) is 17.5 Å². The van der Waals surface area contributed by atoms with Gasteiger partial charge in [-0.2, -0.15) is 5.10 Å². The predicted octanol–water partition coefficient (Wildman–Crippen LogP) is 1.62. The number of nitrogens with zero attached hydrogens (tertiary/aromatic N) is 2. The van der Waals surface area contributed by atoms with Crippen molar-refractivity contribution < 1.29 is 9.90 Å². The van der Waals surface area contributed by atoms with E-state index in [9.17, 15) is 4.79 Å². The van der Waals surface area contributed by atoms with Crippen LogP contribution in [0.15, 0.2) is 6.07 Å². The van der Waals surface area contributed by atoms with Gasteiger partial charge in [0.2, 0.25) is 0 Å². The fourth-order valence-corrected chi connectivity index (χ4v) is 1.98. The van der Waals surface area contributed by atoms with Gasteiger partial charge in [-0.1, -0.05) is 0 Å². The Bertz CT molecular complexity index is 391. The largest absolute Gasteiger partial charge is 0.481 e. The zero-order valence-electron chi connectivity index (χ0n) is 9.16. The summed E-state index contributed by atoms with van der Waals surface area (Å²) in [4.78, 5) is 11.1. The molecule has 0 saturated heterocycles. The van der Waals surface area contributed by atoms with Crippen molar-refractivity contribution in [2.24, 2.45) is 5.41 Å². The highest BCUT2D eigenvalue weighted by molar-refractivity contribution is 5.78. The minimum atomic E-state index is -0.663. The number of carbonyl (C=O) groups is 1. The Balaban J connectivity index is 2.20. The summed E-state index contributed by atoms with van der Waals surface area (Å²) >= 11 is 0. The lowest BCUT2D eigenvalue weighted by molar-refractivity contribution is -0.143. The molecule has 1 aliphatic carbocycles. The lowest BCUT2D eigenvalue weighted by Gasteiger charge is -2.10. The Labute approximate surface area is 88.9 Å². The topological polar surface area (TPSA) is 55.1 Å². The average Bonchev–Trinajstić information content (AvgIpc) is 2.86. The second-order valence-electron chi connectivity index (χ2n) is 4.36. The van der Waals surface area contributed by atoms with Crippen LogP contribution in [-0.4, -0.2) is 20.9 Å². The van der Waals surface area contributed by atoms with Gasteiger partial charge in [-0.15, -0.1) is 0 Å². The van der Waals surface area contributed by atoms with Crippen LogP contribution >= 0.6 is 0 Å². The summed E-state index contributed by atoms with van der Waals surface area (Å²) in [6.45, 7) is 4.77. The molecule has 4 heteroatoms. The molecule has 1 heterocycles. The Morgan fingerprint density at radius 3 is 2.80 bits per heavy atom. The molecule has 82 valence electrons. The molecule has 1 N–H and O–H groups in total. The standard InChI is InChI=1S/C11H16N2O2/c1-3-13-9(6-8(2)12-13)7-11(4-5-11)10(14)15/h6H,3-5,7H2,1-2H3,(H,14,15). The van der Waals surface area contributed by atoms with Crippen LogP contribution in [0.4, 0.5) is 0 Å². The van der Waals surface area contributed by atoms with E-state index in [4.69, 9.17) is 5.11 Å². The van der Waals surface area contributed by atoms with Crippen molar-refractivity contribution in [2.45, 2.75) is 39.7 Å². The lowest BCUT2D eigenvalue weighted by atomic mass is 10.0. The Hall–Kier alpha value is -1.32. The number of carboxylic acid groups (broad SMARTS) is 1. The second-order valence-corrected chi connectivity index (χ2v) is 4.36. The number of aliphatic carboxylic acids is 1. The lowest BCUT2D eigenvalue weighted by Crippen LogP contribution is -2.19. The highest BCUT2D eigenvalue weighted by Gasteiger charge is 2.50. The molecule has 0 unspecified atom stereocenters. The van der Waals surface area contributed by atoms with Crippen molar-refractivity contribution in [3.63, 3.8) is 0 Å². The number of hydrogen-bond donors (Lipinski definition) is 1. The van der Waals surface area contributed by atoms with Gasteiger partial charge < -0.3 is 5.11 Å². The van der Waals surface area contributed by atoms with Crippen molar-refractivity contribution in [1.82, 2.24) is 9.78 Å². The Morgan fingerprint density at radius 2 is 2.33 bits per heavy atom. The molecule has 0 radical (unpaired) electrons. The molecule has 1 fully saturated rings. The van der Waals surface area contributed by atoms with E-state index < -0.39 is 11.4 Å². The third-order valence-electron chi connectivity index (χ3n) is 3.11. The second kappa shape index (κ2) is 3.36. The van der Waals surface area contributed by atoms with Gasteiger partial charge in [-0.05, 0) is 32.8 Å². The molecule has 0 aromatic carbocycles. The summed E-state index contributed by atoms with van der Waals surface area (Å²) in [5, 5.41) is 13.4. The van der Waals surface area contributed by atoms with Crippen LogP contribution in [0, 0.1) is 12.3 Å². The fourth-order valence-electron chi connectivity index (χ4n) is 1.98. The zero-order valence-corrected chi connectivity index (χ0v) is 9.16. The number of aryl methyl sites for hydroxylation is 2. The molecule has 2 rings (SSSR count). The SMILES string of the molecule is CCn1nc(C)cc1CC1(C(=O)O)CC1. The average molecular weight is 208 g/mol. The first-order valence-electron chi connectivity index (χ1n) is 5.34. The molecule has 1 aromatic heterocycles. The first kappa shape index (κ1) is 10.2. The molecular formula is C11H16N2O2. The smallest absolute Gasteiger partial charge is 0.310 e. The number of hydrogen-bond acceptors (Lipinski definition) is 2. The van der Waals surface area contributed by atoms with Crippen LogP contribution in [0.5, 0.6) is 0 Å². The number of aromatic nitrogens is 2. The third kappa shape index (κ3) is 1.76. The van der Waals surface area contributed by atoms with Crippen LogP contribution in [0.3, 0.4) is 0 Å². The quantitative estimate of drug-likeness (QED) is 0.818. The fraction of sp³-hybridized carbons (Fsp3) is 0.636. The predicted molar refractivity (Wildman–Crippen MR) is 55.6 cm³/mol. The highest BCUT2D eigenvalue weighted by atomic mass is 16.4. The van der Waals surface area contributed by atoms with Crippen molar-refractivity contribution in [1.29, 1.82) is 0 Å². The summed E-state index contributed by atoms with van der Waals surface area (Å²) < 4.78 is 1.90. The van der Waals surface area contributed by atoms with E-state index in [0.717, 1.165) is 30.8 Å². The van der Waals surface area contributed by atoms with Crippen LogP contribution in [0.2, 0.25) is 0 Å². The minimum absolute atomic E-state index is 0.487. The highest BCUT2D eigenvalue weighted by Crippen LogP contribution is 2.48. The minimum Gasteiger partial charge on any atom is -0.481 e. The molecule has 0 atom stereocenters. The van der Waals surface area contributed by atoms with Gasteiger partial charge in [0.15, 0.2) is 0 Å². The van der Waals surface area contributed by atoms with Crippen molar-refractivity contribution >= 4 is 5.97 Å². The molecule has 0 bridgehead atoms. The van der Waals surface area contributed by atoms with Crippen LogP contribution in [-0.2, 0) is 17.8 Å². The van der Waals surface area contributed by atoms with E-state index in [-0.39, 0.29) is 0 Å². The monoisotopic (exact) mass is 208 g/mol. The molecule has 0 spiro atoms. The summed E-state index contributed by atoms with van der Waals surface area (Å²) in [7, 11) is 0. The Morgan fingerprint density at radius 1 is 1.67 bits per heavy atom. The molecule has 15 heavy (non-hydrogen) atoms. The van der Waals surface area contributed by atoms with Gasteiger partial charge in [0.05, 0.1) is 11.1 Å². The molecule has 4 nitrogen and oxygen atoms in total. The van der Waals surface area contributed by atoms with E-state index in [1.807, 2.05) is 24.6 Å². The van der Waals surface area contributed by atoms with Crippen LogP contribution in [0.1, 0.15) is 31.2 Å². The summed E-state index contributed by atoms with van der Waals surface area (Å²) in [5.74, 6) is -0.663. The summed E-state index contributed by atoms with van der Waals surface area (Å²) in [6, 6.07) is 1.99. The van der Waals surface area contributed by atoms with E-state index >= 15 is 0 Å². The first-order chi connectivity index (χ1) is 7.07. The normalized spacial score (nSPS) is 17.7. The third-order valence-corrected chi connectivity index (χ3v) is 3.11. The maximum Gasteiger partial charge on any atom is 0.310 e. The van der Waals surface area contributed by atoms with Gasteiger partial charge in [-0.3, -0.25) is 9.48 Å². The molecule has 0 amide bonds. The van der Waals surface area contributed by atoms with Gasteiger partial charge >= 0.3 is 5.97 Å². The molecule has 0 aliphatic heterocycles. The van der Waals surface area contributed by atoms with E-state index in [0.29, 0.717) is 6.42 Å². The van der Waals surface area contributed by atoms with Gasteiger partial charge in [0, 0.05) is 18.7 Å². The Kier molecular flexibility index (Phi) is 2.29. The first-order valence-corrected chi connectivity index (χ1v) is 5.34. The molecule has 1 aromatic rings. The maximum atomic E-state index is 11.1. The molecule has 1 aliphatic rings. The number of rotatable bonds is 4. The molecular weight excluding hydrogens is 192 g/mol. The van der Waals surface area contributed by atoms with Crippen LogP contribution in [0.25, 0.3) is 0 Å². The van der Waals surface area contributed by atoms with Gasteiger partial charge in [-0.25, -0.2) is 0 Å². The molecule has 1 saturated carbocycles. The summed E-state index contributed by atoms with van der Waals surface area (Å²) in [5.41, 5.74) is 1.53. The van der Waals surface area contributed by atoms with E-state index in [2.05, 4.69) is 5.10 Å². The van der Waals surface area contributed by atoms with Crippen LogP contribution < -0.4 is 0 Å². The van der Waals surface area contributed by atoms with Crippen molar-refractivity contribution in [3.8, 4) is 0 Å². The summed E-state index contributed by atoms with van der Waals surface area (Å²) in [6.07, 6.45) is 2.23. The van der Waals surface area contributed by atoms with E-state index in [1.54, 1.807) is 0 Å². The van der Waals surface area contributed by atoms with Gasteiger partial charge in [0.25, 0.3) is 0 Å².